The van der Waals surface area contributed by atoms with E-state index in [9.17, 15) is 14.9 Å². The topological polar surface area (TPSA) is 76.0 Å². The number of rotatable bonds is 5. The number of non-ortho nitro benzene ring substituents is 1. The molecule has 0 aliphatic carbocycles. The SMILES string of the molecule is CC(C)N(C(=O)[C@H]1O[C@@H]1c1ccc([N+](=O)[O-])cc1)C(C)C. The number of benzene rings is 1. The van der Waals surface area contributed by atoms with Gasteiger partial charge in [-0.05, 0) is 45.4 Å². The Hall–Kier alpha value is -1.95. The fraction of sp³-hybridized carbons (Fsp3) is 0.533. The lowest BCUT2D eigenvalue weighted by atomic mass is 10.1. The van der Waals surface area contributed by atoms with E-state index in [1.165, 1.54) is 12.1 Å². The number of amides is 1. The third kappa shape index (κ3) is 3.21. The molecule has 6 nitrogen and oxygen atoms in total. The van der Waals surface area contributed by atoms with Gasteiger partial charge in [-0.2, -0.15) is 0 Å². The Labute approximate surface area is 123 Å². The van der Waals surface area contributed by atoms with E-state index in [-0.39, 0.29) is 29.8 Å². The van der Waals surface area contributed by atoms with Gasteiger partial charge in [0.2, 0.25) is 0 Å². The molecular formula is C15H20N2O4. The van der Waals surface area contributed by atoms with Gasteiger partial charge in [-0.3, -0.25) is 14.9 Å². The molecule has 1 aromatic rings. The van der Waals surface area contributed by atoms with Crippen LogP contribution in [0.25, 0.3) is 0 Å². The lowest BCUT2D eigenvalue weighted by molar-refractivity contribution is -0.384. The van der Waals surface area contributed by atoms with Gasteiger partial charge < -0.3 is 9.64 Å². The van der Waals surface area contributed by atoms with E-state index >= 15 is 0 Å². The maximum absolute atomic E-state index is 12.4. The van der Waals surface area contributed by atoms with Gasteiger partial charge in [0.05, 0.1) is 4.92 Å². The number of hydrogen-bond donors (Lipinski definition) is 0. The van der Waals surface area contributed by atoms with Gasteiger partial charge in [0, 0.05) is 24.2 Å². The number of hydrogen-bond acceptors (Lipinski definition) is 4. The van der Waals surface area contributed by atoms with E-state index in [4.69, 9.17) is 4.74 Å². The van der Waals surface area contributed by atoms with Crippen LogP contribution < -0.4 is 0 Å². The molecular weight excluding hydrogens is 272 g/mol. The van der Waals surface area contributed by atoms with Crippen molar-refractivity contribution >= 4 is 11.6 Å². The Morgan fingerprint density at radius 1 is 1.19 bits per heavy atom. The van der Waals surface area contributed by atoms with Crippen molar-refractivity contribution in [2.75, 3.05) is 0 Å². The van der Waals surface area contributed by atoms with E-state index in [0.29, 0.717) is 0 Å². The molecule has 1 aliphatic heterocycles. The Balaban J connectivity index is 2.07. The van der Waals surface area contributed by atoms with Crippen molar-refractivity contribution in [1.29, 1.82) is 0 Å². The molecule has 0 aromatic heterocycles. The first kappa shape index (κ1) is 15.4. The highest BCUT2D eigenvalue weighted by Gasteiger charge is 2.48. The fourth-order valence-electron chi connectivity index (χ4n) is 2.59. The van der Waals surface area contributed by atoms with E-state index in [0.717, 1.165) is 5.56 Å². The average molecular weight is 292 g/mol. The summed E-state index contributed by atoms with van der Waals surface area (Å²) >= 11 is 0. The molecule has 1 aromatic carbocycles. The van der Waals surface area contributed by atoms with Crippen LogP contribution in [-0.2, 0) is 9.53 Å². The normalized spacial score (nSPS) is 20.7. The number of epoxide rings is 1. The summed E-state index contributed by atoms with van der Waals surface area (Å²) in [6, 6.07) is 6.37. The van der Waals surface area contributed by atoms with Crippen LogP contribution in [0.3, 0.4) is 0 Å². The van der Waals surface area contributed by atoms with Crippen LogP contribution in [0.5, 0.6) is 0 Å². The van der Waals surface area contributed by atoms with E-state index in [2.05, 4.69) is 0 Å². The van der Waals surface area contributed by atoms with Crippen molar-refractivity contribution in [3.8, 4) is 0 Å². The average Bonchev–Trinajstić information content (AvgIpc) is 3.18. The maximum atomic E-state index is 12.4. The molecule has 6 heteroatoms. The predicted molar refractivity (Wildman–Crippen MR) is 77.8 cm³/mol. The summed E-state index contributed by atoms with van der Waals surface area (Å²) in [4.78, 5) is 24.4. The van der Waals surface area contributed by atoms with Gasteiger partial charge >= 0.3 is 0 Å². The molecule has 21 heavy (non-hydrogen) atoms. The summed E-state index contributed by atoms with van der Waals surface area (Å²) in [7, 11) is 0. The smallest absolute Gasteiger partial charge is 0.269 e. The summed E-state index contributed by atoms with van der Waals surface area (Å²) in [5.74, 6) is -0.0247. The Morgan fingerprint density at radius 2 is 1.71 bits per heavy atom. The van der Waals surface area contributed by atoms with E-state index in [1.807, 2.05) is 27.7 Å². The molecule has 2 rings (SSSR count). The van der Waals surface area contributed by atoms with Gasteiger partial charge in [0.15, 0.2) is 6.10 Å². The first-order valence-corrected chi connectivity index (χ1v) is 7.05. The van der Waals surface area contributed by atoms with Crippen LogP contribution >= 0.6 is 0 Å². The van der Waals surface area contributed by atoms with Crippen molar-refractivity contribution in [3.05, 3.63) is 39.9 Å². The minimum Gasteiger partial charge on any atom is -0.354 e. The van der Waals surface area contributed by atoms with Gasteiger partial charge in [0.1, 0.15) is 6.10 Å². The molecule has 0 unspecified atom stereocenters. The van der Waals surface area contributed by atoms with Crippen LogP contribution in [0, 0.1) is 10.1 Å². The monoisotopic (exact) mass is 292 g/mol. The van der Waals surface area contributed by atoms with Crippen LogP contribution in [0.2, 0.25) is 0 Å². The van der Waals surface area contributed by atoms with Crippen molar-refractivity contribution in [2.45, 2.75) is 52.0 Å². The first-order valence-electron chi connectivity index (χ1n) is 7.05. The lowest BCUT2D eigenvalue weighted by Crippen LogP contribution is -2.44. The highest BCUT2D eigenvalue weighted by atomic mass is 16.6. The lowest BCUT2D eigenvalue weighted by Gasteiger charge is -2.30. The van der Waals surface area contributed by atoms with Crippen LogP contribution in [0.1, 0.15) is 39.4 Å². The van der Waals surface area contributed by atoms with Gasteiger partial charge in [-0.15, -0.1) is 0 Å². The Bertz CT molecular complexity index is 531. The summed E-state index contributed by atoms with van der Waals surface area (Å²) in [6.07, 6.45) is -0.769. The zero-order valence-corrected chi connectivity index (χ0v) is 12.6. The van der Waals surface area contributed by atoms with Gasteiger partial charge in [0.25, 0.3) is 11.6 Å². The minimum absolute atomic E-state index is 0.0247. The minimum atomic E-state index is -0.476. The second-order valence-corrected chi connectivity index (χ2v) is 5.76. The van der Waals surface area contributed by atoms with Gasteiger partial charge in [-0.1, -0.05) is 0 Å². The second-order valence-electron chi connectivity index (χ2n) is 5.76. The predicted octanol–water partition coefficient (Wildman–Crippen LogP) is 2.68. The second kappa shape index (κ2) is 5.81. The fourth-order valence-corrected chi connectivity index (χ4v) is 2.59. The Morgan fingerprint density at radius 3 is 2.14 bits per heavy atom. The quantitative estimate of drug-likeness (QED) is 0.475. The summed E-state index contributed by atoms with van der Waals surface area (Å²) in [6.45, 7) is 7.89. The molecule has 1 heterocycles. The molecule has 0 bridgehead atoms. The number of nitro groups is 1. The number of nitro benzene ring substituents is 1. The zero-order valence-electron chi connectivity index (χ0n) is 12.6. The van der Waals surface area contributed by atoms with E-state index < -0.39 is 11.0 Å². The molecule has 2 atom stereocenters. The number of carbonyl (C=O) groups excluding carboxylic acids is 1. The first-order chi connectivity index (χ1) is 9.82. The number of nitrogens with zero attached hydrogens (tertiary/aromatic N) is 2. The van der Waals surface area contributed by atoms with Gasteiger partial charge in [-0.25, -0.2) is 0 Å². The molecule has 1 aliphatic rings. The highest BCUT2D eigenvalue weighted by Crippen LogP contribution is 2.40. The van der Waals surface area contributed by atoms with Crippen LogP contribution in [0.15, 0.2) is 24.3 Å². The molecule has 114 valence electrons. The molecule has 1 amide bonds. The number of carbonyl (C=O) groups is 1. The van der Waals surface area contributed by atoms with Crippen LogP contribution in [0.4, 0.5) is 5.69 Å². The van der Waals surface area contributed by atoms with Crippen molar-refractivity contribution in [2.24, 2.45) is 0 Å². The molecule has 0 spiro atoms. The highest BCUT2D eigenvalue weighted by molar-refractivity contribution is 5.84. The standard InChI is InChI=1S/C15H20N2O4/c1-9(2)16(10(3)4)15(18)14-13(21-14)11-5-7-12(8-6-11)17(19)20/h5-10,13-14H,1-4H3/t13-,14+/m1/s1. The third-order valence-electron chi connectivity index (χ3n) is 3.53. The third-order valence-corrected chi connectivity index (χ3v) is 3.53. The zero-order chi connectivity index (χ0) is 15.7. The van der Waals surface area contributed by atoms with Crippen LogP contribution in [-0.4, -0.2) is 33.9 Å². The summed E-state index contributed by atoms with van der Waals surface area (Å²) in [5.41, 5.74) is 0.833. The number of ether oxygens (including phenoxy) is 1. The molecule has 1 saturated heterocycles. The summed E-state index contributed by atoms with van der Waals surface area (Å²) in [5, 5.41) is 10.6. The van der Waals surface area contributed by atoms with Crippen molar-refractivity contribution in [3.63, 3.8) is 0 Å². The van der Waals surface area contributed by atoms with Crippen molar-refractivity contribution in [1.82, 2.24) is 4.90 Å². The largest absolute Gasteiger partial charge is 0.354 e. The molecule has 0 radical (unpaired) electrons. The van der Waals surface area contributed by atoms with Crippen molar-refractivity contribution < 1.29 is 14.5 Å². The summed E-state index contributed by atoms with van der Waals surface area (Å²) < 4.78 is 5.49. The maximum Gasteiger partial charge on any atom is 0.269 e. The molecule has 1 fully saturated rings. The van der Waals surface area contributed by atoms with E-state index in [1.54, 1.807) is 17.0 Å². The Kier molecular flexibility index (Phi) is 4.27. The molecule has 0 N–H and O–H groups in total. The molecule has 0 saturated carbocycles.